The van der Waals surface area contributed by atoms with Gasteiger partial charge in [-0.05, 0) is 53.7 Å². The number of aliphatic hydroxyl groups is 1. The van der Waals surface area contributed by atoms with Crippen LogP contribution in [0.25, 0.3) is 10.8 Å². The third-order valence-electron chi connectivity index (χ3n) is 9.04. The van der Waals surface area contributed by atoms with Crippen LogP contribution in [-0.4, -0.2) is 77.5 Å². The van der Waals surface area contributed by atoms with Gasteiger partial charge in [0.05, 0.1) is 0 Å². The minimum absolute atomic E-state index is 0.0923. The minimum atomic E-state index is -0.858. The third-order valence-corrected chi connectivity index (χ3v) is 9.04. The van der Waals surface area contributed by atoms with Crippen LogP contribution >= 0.6 is 0 Å². The zero-order valence-electron chi connectivity index (χ0n) is 27.0. The van der Waals surface area contributed by atoms with E-state index in [1.54, 1.807) is 14.1 Å². The number of fused-ring (bicyclic) bond motifs is 1. The van der Waals surface area contributed by atoms with E-state index in [0.717, 1.165) is 41.2 Å². The Morgan fingerprint density at radius 2 is 1.56 bits per heavy atom. The summed E-state index contributed by atoms with van der Waals surface area (Å²) in [5, 5.41) is 14.8. The Labute approximate surface area is 267 Å². The van der Waals surface area contributed by atoms with E-state index in [1.165, 1.54) is 15.9 Å². The molecule has 0 aromatic heterocycles. The summed E-state index contributed by atoms with van der Waals surface area (Å²) in [6.07, 6.45) is 7.49. The molecule has 240 valence electrons. The van der Waals surface area contributed by atoms with Crippen molar-refractivity contribution < 1.29 is 19.5 Å². The van der Waals surface area contributed by atoms with Gasteiger partial charge in [-0.15, -0.1) is 0 Å². The fraction of sp³-hybridized carbons (Fsp3) is 0.432. The van der Waals surface area contributed by atoms with Gasteiger partial charge in [-0.3, -0.25) is 14.4 Å². The van der Waals surface area contributed by atoms with Crippen molar-refractivity contribution in [3.63, 3.8) is 0 Å². The number of carbonyl (C=O) groups excluding carboxylic acids is 3. The number of nitrogens with zero attached hydrogens (tertiary/aromatic N) is 2. The summed E-state index contributed by atoms with van der Waals surface area (Å²) in [6.45, 7) is 3.88. The fourth-order valence-corrected chi connectivity index (χ4v) is 5.61. The molecule has 3 aromatic rings. The molecule has 8 nitrogen and oxygen atoms in total. The van der Waals surface area contributed by atoms with E-state index in [2.05, 4.69) is 5.32 Å². The molecular formula is C37H48N4O4. The topological polar surface area (TPSA) is 116 Å². The third kappa shape index (κ3) is 9.02. The van der Waals surface area contributed by atoms with Gasteiger partial charge >= 0.3 is 0 Å². The van der Waals surface area contributed by atoms with Crippen LogP contribution in [0.1, 0.15) is 50.7 Å². The van der Waals surface area contributed by atoms with Crippen LogP contribution in [0.2, 0.25) is 0 Å². The number of benzene rings is 3. The minimum Gasteiger partial charge on any atom is -0.396 e. The highest BCUT2D eigenvalue weighted by molar-refractivity contribution is 5.95. The molecule has 4 rings (SSSR count). The molecule has 1 saturated carbocycles. The van der Waals surface area contributed by atoms with Gasteiger partial charge in [0.15, 0.2) is 0 Å². The summed E-state index contributed by atoms with van der Waals surface area (Å²) in [4.78, 5) is 44.5. The second kappa shape index (κ2) is 14.8. The summed E-state index contributed by atoms with van der Waals surface area (Å²) in [5.74, 6) is -0.943. The van der Waals surface area contributed by atoms with Gasteiger partial charge in [0.2, 0.25) is 17.7 Å². The van der Waals surface area contributed by atoms with Gasteiger partial charge in [-0.1, -0.05) is 92.7 Å². The predicted octanol–water partition coefficient (Wildman–Crippen LogP) is 4.24. The molecule has 0 saturated heterocycles. The molecule has 0 aliphatic heterocycles. The Balaban J connectivity index is 1.62. The Kier molecular flexibility index (Phi) is 11.2. The van der Waals surface area contributed by atoms with Gasteiger partial charge in [0, 0.05) is 51.0 Å². The lowest BCUT2D eigenvalue weighted by Crippen LogP contribution is -2.56. The molecule has 3 aromatic carbocycles. The van der Waals surface area contributed by atoms with Crippen LogP contribution in [-0.2, 0) is 27.2 Å². The number of amides is 3. The maximum atomic E-state index is 14.4. The number of rotatable bonds is 14. The van der Waals surface area contributed by atoms with E-state index in [4.69, 9.17) is 5.73 Å². The maximum absolute atomic E-state index is 14.4. The first-order valence-electron chi connectivity index (χ1n) is 15.8. The number of likely N-dealkylation sites (N-methyl/N-ethyl adjacent to an activating group) is 2. The molecule has 2 atom stereocenters. The van der Waals surface area contributed by atoms with Crippen LogP contribution in [0.15, 0.2) is 84.9 Å². The smallest absolute Gasteiger partial charge is 0.246 e. The Hall–Kier alpha value is -4.01. The number of nitrogens with one attached hydrogen (secondary N) is 1. The van der Waals surface area contributed by atoms with E-state index < -0.39 is 17.5 Å². The Bertz CT molecular complexity index is 1500. The van der Waals surface area contributed by atoms with Crippen molar-refractivity contribution in [2.75, 3.05) is 27.2 Å². The molecule has 4 N–H and O–H groups in total. The van der Waals surface area contributed by atoms with Gasteiger partial charge in [-0.25, -0.2) is 0 Å². The van der Waals surface area contributed by atoms with Gasteiger partial charge in [0.1, 0.15) is 12.1 Å². The second-order valence-corrected chi connectivity index (χ2v) is 13.4. The Morgan fingerprint density at radius 1 is 0.911 bits per heavy atom. The molecular weight excluding hydrogens is 564 g/mol. The summed E-state index contributed by atoms with van der Waals surface area (Å²) in [6, 6.07) is 21.9. The number of hydrogen-bond donors (Lipinski definition) is 3. The predicted molar refractivity (Wildman–Crippen MR) is 179 cm³/mol. The van der Waals surface area contributed by atoms with E-state index >= 15 is 0 Å². The largest absolute Gasteiger partial charge is 0.396 e. The fourth-order valence-electron chi connectivity index (χ4n) is 5.61. The molecule has 0 heterocycles. The molecule has 1 aliphatic carbocycles. The lowest BCUT2D eigenvalue weighted by molar-refractivity contribution is -0.146. The number of nitrogens with two attached hydrogens (primary N) is 1. The highest BCUT2D eigenvalue weighted by Crippen LogP contribution is 2.32. The molecule has 0 spiro atoms. The zero-order valence-corrected chi connectivity index (χ0v) is 27.0. The average Bonchev–Trinajstić information content (AvgIpc) is 3.03. The molecule has 8 heteroatoms. The molecule has 1 aliphatic rings. The van der Waals surface area contributed by atoms with Crippen molar-refractivity contribution in [1.82, 2.24) is 15.1 Å². The van der Waals surface area contributed by atoms with Gasteiger partial charge in [-0.2, -0.15) is 0 Å². The molecule has 0 radical (unpaired) electrons. The van der Waals surface area contributed by atoms with Gasteiger partial charge in [0.25, 0.3) is 0 Å². The van der Waals surface area contributed by atoms with Crippen LogP contribution in [0.3, 0.4) is 0 Å². The summed E-state index contributed by atoms with van der Waals surface area (Å²) in [7, 11) is 3.27. The molecule has 3 amide bonds. The number of hydrogen-bond acceptors (Lipinski definition) is 5. The Morgan fingerprint density at radius 3 is 2.20 bits per heavy atom. The zero-order chi connectivity index (χ0) is 32.6. The molecule has 45 heavy (non-hydrogen) atoms. The number of aliphatic hydroxyl groups excluding tert-OH is 1. The monoisotopic (exact) mass is 612 g/mol. The normalized spacial score (nSPS) is 15.7. The second-order valence-electron chi connectivity index (χ2n) is 13.4. The first kappa shape index (κ1) is 33.9. The number of carbonyl (C=O) groups is 3. The van der Waals surface area contributed by atoms with E-state index in [-0.39, 0.29) is 42.8 Å². The van der Waals surface area contributed by atoms with E-state index in [9.17, 15) is 19.5 Å². The summed E-state index contributed by atoms with van der Waals surface area (Å²) in [5.41, 5.74) is 7.40. The van der Waals surface area contributed by atoms with Crippen molar-refractivity contribution in [2.45, 2.75) is 70.0 Å². The first-order valence-corrected chi connectivity index (χ1v) is 15.8. The van der Waals surface area contributed by atoms with Crippen molar-refractivity contribution in [3.8, 4) is 0 Å². The lowest BCUT2D eigenvalue weighted by atomic mass is 9.75. The summed E-state index contributed by atoms with van der Waals surface area (Å²) < 4.78 is 0. The van der Waals surface area contributed by atoms with Crippen molar-refractivity contribution in [3.05, 3.63) is 96.1 Å². The van der Waals surface area contributed by atoms with E-state index in [1.807, 2.05) is 92.7 Å². The first-order chi connectivity index (χ1) is 21.4. The molecule has 0 unspecified atom stereocenters. The van der Waals surface area contributed by atoms with Crippen LogP contribution < -0.4 is 11.1 Å². The maximum Gasteiger partial charge on any atom is 0.246 e. The van der Waals surface area contributed by atoms with Crippen LogP contribution in [0.4, 0.5) is 0 Å². The highest BCUT2D eigenvalue weighted by Gasteiger charge is 2.36. The average molecular weight is 613 g/mol. The molecule has 0 bridgehead atoms. The quantitative estimate of drug-likeness (QED) is 0.236. The van der Waals surface area contributed by atoms with Crippen molar-refractivity contribution in [2.24, 2.45) is 11.1 Å². The molecule has 1 fully saturated rings. The highest BCUT2D eigenvalue weighted by atomic mass is 16.3. The van der Waals surface area contributed by atoms with Crippen molar-refractivity contribution in [1.29, 1.82) is 0 Å². The SMILES string of the molecule is CN(C(=O)C=CCC1(N)CCC1)[C@H](Cc1ccc2ccccc2c1)C(=O)N(C)[C@H](Cc1ccccc1)C(=O)NCC(C)(C)CO. The standard InChI is InChI=1S/C37H48N4O4/c1-36(2,26-42)25-39-34(44)31(23-27-12-6-5-7-13-27)41(4)35(45)32(24-28-17-18-29-14-8-9-15-30(29)22-28)40(3)33(43)16-10-19-37(38)20-11-21-37/h5-10,12-18,22,31-32,42H,11,19-21,23-26,38H2,1-4H3,(H,39,44)/t31-,32-/m1/s1. The van der Waals surface area contributed by atoms with Gasteiger partial charge < -0.3 is 26.0 Å². The van der Waals surface area contributed by atoms with Crippen LogP contribution in [0.5, 0.6) is 0 Å². The van der Waals surface area contributed by atoms with E-state index in [0.29, 0.717) is 12.8 Å². The van der Waals surface area contributed by atoms with Crippen LogP contribution in [0, 0.1) is 5.41 Å². The summed E-state index contributed by atoms with van der Waals surface area (Å²) >= 11 is 0. The lowest BCUT2D eigenvalue weighted by Gasteiger charge is -2.37. The van der Waals surface area contributed by atoms with Crippen molar-refractivity contribution >= 4 is 28.5 Å².